The fourth-order valence-electron chi connectivity index (χ4n) is 11.5. The summed E-state index contributed by atoms with van der Waals surface area (Å²) in [5.41, 5.74) is 23.9. The van der Waals surface area contributed by atoms with E-state index in [0.29, 0.717) is 0 Å². The number of rotatable bonds is 13. The number of para-hydroxylation sites is 1. The summed E-state index contributed by atoms with van der Waals surface area (Å²) in [6.45, 7) is 14.4. The van der Waals surface area contributed by atoms with Crippen LogP contribution in [0.25, 0.3) is 44.5 Å². The van der Waals surface area contributed by atoms with Crippen LogP contribution < -0.4 is 10.2 Å². The average molecular weight is 911 g/mol. The quantitative estimate of drug-likeness (QED) is 0.124. The molecule has 0 saturated heterocycles. The minimum Gasteiger partial charge on any atom is -0.355 e. The second kappa shape index (κ2) is 19.9. The van der Waals surface area contributed by atoms with E-state index in [2.05, 4.69) is 264 Å². The highest BCUT2D eigenvalue weighted by Crippen LogP contribution is 2.46. The maximum atomic E-state index is 3.81. The largest absolute Gasteiger partial charge is 0.355 e. The molecule has 1 N–H and O–H groups in total. The summed E-state index contributed by atoms with van der Waals surface area (Å²) >= 11 is 0. The van der Waals surface area contributed by atoms with Gasteiger partial charge in [-0.15, -0.1) is 0 Å². The number of benzene rings is 9. The lowest BCUT2D eigenvalue weighted by Gasteiger charge is -2.39. The first-order valence-corrected chi connectivity index (χ1v) is 25.5. The highest BCUT2D eigenvalue weighted by atomic mass is 15.1. The Labute approximate surface area is 417 Å². The van der Waals surface area contributed by atoms with Gasteiger partial charge in [-0.05, 0) is 161 Å². The zero-order chi connectivity index (χ0) is 48.2. The van der Waals surface area contributed by atoms with Gasteiger partial charge in [0.1, 0.15) is 0 Å². The average Bonchev–Trinajstić information content (AvgIpc) is 3.40. The predicted molar refractivity (Wildman–Crippen MR) is 300 cm³/mol. The zero-order valence-electron chi connectivity index (χ0n) is 41.9. The molecule has 0 atom stereocenters. The van der Waals surface area contributed by atoms with Crippen LogP contribution in [-0.4, -0.2) is 6.54 Å². The van der Waals surface area contributed by atoms with E-state index < -0.39 is 0 Å². The maximum Gasteiger partial charge on any atom is 0.0463 e. The van der Waals surface area contributed by atoms with E-state index in [-0.39, 0.29) is 10.8 Å². The highest BCUT2D eigenvalue weighted by Gasteiger charge is 2.36. The number of aryl methyl sites for hydroxylation is 3. The molecular formula is C68H66N2. The summed E-state index contributed by atoms with van der Waals surface area (Å²) < 4.78 is 0. The molecule has 9 aromatic rings. The molecule has 1 aliphatic rings. The van der Waals surface area contributed by atoms with Gasteiger partial charge in [0, 0.05) is 45.7 Å². The molecular weight excluding hydrogens is 845 g/mol. The molecule has 0 aliphatic heterocycles. The second-order valence-electron chi connectivity index (χ2n) is 20.2. The summed E-state index contributed by atoms with van der Waals surface area (Å²) in [7, 11) is 0. The molecule has 1 fully saturated rings. The van der Waals surface area contributed by atoms with Gasteiger partial charge in [-0.2, -0.15) is 0 Å². The Hall–Kier alpha value is -7.42. The van der Waals surface area contributed by atoms with Crippen molar-refractivity contribution in [2.24, 2.45) is 0 Å². The monoisotopic (exact) mass is 911 g/mol. The van der Waals surface area contributed by atoms with Crippen molar-refractivity contribution < 1.29 is 0 Å². The third kappa shape index (κ3) is 9.36. The van der Waals surface area contributed by atoms with Crippen molar-refractivity contribution in [3.05, 3.63) is 251 Å². The summed E-state index contributed by atoms with van der Waals surface area (Å²) in [5, 5.41) is 3.81. The lowest BCUT2D eigenvalue weighted by molar-refractivity contribution is 0.346. The number of nitrogens with one attached hydrogen (secondary N) is 1. The van der Waals surface area contributed by atoms with Crippen LogP contribution in [0.4, 0.5) is 22.7 Å². The molecule has 0 spiro atoms. The van der Waals surface area contributed by atoms with E-state index in [0.717, 1.165) is 30.8 Å². The Balaban J connectivity index is 0.834. The standard InChI is InChI=1S/C68H66N2/c1-7-70(62-39-27-54(28-40-62)53-25-31-58(32-26-53)67(5,6)57-29-23-52(24-30-57)51-17-10-8-11-18-51)63-41-35-60(36-42-63)68(43-14-9-15-44-68)59-33-37-61(38-34-59)69-65-22-13-12-21-64(65)55-19-16-20-56(47-55)66-49(3)45-48(2)46-50(66)4/h8,10-13,16-42,45-47,69H,7,9,14-15,43-44H2,1-6H3. The number of nitrogens with zero attached hydrogens (tertiary/aromatic N) is 1. The van der Waals surface area contributed by atoms with Crippen molar-refractivity contribution in [1.82, 2.24) is 0 Å². The zero-order valence-corrected chi connectivity index (χ0v) is 41.9. The number of hydrogen-bond acceptors (Lipinski definition) is 2. The lowest BCUT2D eigenvalue weighted by Crippen LogP contribution is -2.30. The molecule has 0 heterocycles. The van der Waals surface area contributed by atoms with Gasteiger partial charge in [0.25, 0.3) is 0 Å². The first kappa shape index (κ1) is 46.3. The normalized spacial score (nSPS) is 13.5. The van der Waals surface area contributed by atoms with Crippen LogP contribution in [0.15, 0.2) is 212 Å². The second-order valence-corrected chi connectivity index (χ2v) is 20.2. The first-order chi connectivity index (χ1) is 34.1. The van der Waals surface area contributed by atoms with Crippen LogP contribution in [0.2, 0.25) is 0 Å². The Morgan fingerprint density at radius 2 is 0.929 bits per heavy atom. The molecule has 9 aromatic carbocycles. The van der Waals surface area contributed by atoms with E-state index in [9.17, 15) is 0 Å². The van der Waals surface area contributed by atoms with Gasteiger partial charge < -0.3 is 10.2 Å². The van der Waals surface area contributed by atoms with Crippen LogP contribution in [0.1, 0.15) is 91.8 Å². The third-order valence-corrected chi connectivity index (χ3v) is 15.4. The minimum absolute atomic E-state index is 0.00362. The molecule has 0 bridgehead atoms. The molecule has 2 nitrogen and oxygen atoms in total. The Morgan fingerprint density at radius 1 is 0.457 bits per heavy atom. The van der Waals surface area contributed by atoms with Crippen molar-refractivity contribution in [1.29, 1.82) is 0 Å². The Kier molecular flexibility index (Phi) is 13.2. The molecule has 0 amide bonds. The van der Waals surface area contributed by atoms with Crippen LogP contribution in [0, 0.1) is 20.8 Å². The maximum absolute atomic E-state index is 3.81. The summed E-state index contributed by atoms with van der Waals surface area (Å²) in [6.07, 6.45) is 6.11. The molecule has 70 heavy (non-hydrogen) atoms. The van der Waals surface area contributed by atoms with E-state index in [4.69, 9.17) is 0 Å². The predicted octanol–water partition coefficient (Wildman–Crippen LogP) is 18.8. The van der Waals surface area contributed by atoms with Crippen LogP contribution in [0.5, 0.6) is 0 Å². The van der Waals surface area contributed by atoms with Crippen molar-refractivity contribution in [2.75, 3.05) is 16.8 Å². The van der Waals surface area contributed by atoms with E-state index in [1.54, 1.807) is 0 Å². The van der Waals surface area contributed by atoms with Crippen molar-refractivity contribution in [2.45, 2.75) is 84.5 Å². The van der Waals surface area contributed by atoms with Gasteiger partial charge in [0.15, 0.2) is 0 Å². The van der Waals surface area contributed by atoms with E-state index in [1.807, 2.05) is 0 Å². The minimum atomic E-state index is -0.114. The highest BCUT2D eigenvalue weighted by molar-refractivity contribution is 5.84. The van der Waals surface area contributed by atoms with E-state index in [1.165, 1.54) is 114 Å². The third-order valence-electron chi connectivity index (χ3n) is 15.4. The van der Waals surface area contributed by atoms with Gasteiger partial charge in [-0.1, -0.05) is 202 Å². The van der Waals surface area contributed by atoms with Crippen molar-refractivity contribution in [3.63, 3.8) is 0 Å². The topological polar surface area (TPSA) is 15.3 Å². The molecule has 348 valence electrons. The van der Waals surface area contributed by atoms with Crippen molar-refractivity contribution in [3.8, 4) is 44.5 Å². The fraction of sp³-hybridized carbons (Fsp3) is 0.206. The molecule has 1 saturated carbocycles. The molecule has 0 unspecified atom stereocenters. The summed E-state index contributed by atoms with van der Waals surface area (Å²) in [5.74, 6) is 0. The Bertz CT molecular complexity index is 3170. The van der Waals surface area contributed by atoms with Gasteiger partial charge in [0.2, 0.25) is 0 Å². The lowest BCUT2D eigenvalue weighted by atomic mass is 9.65. The van der Waals surface area contributed by atoms with Gasteiger partial charge in [-0.25, -0.2) is 0 Å². The van der Waals surface area contributed by atoms with Gasteiger partial charge in [0.05, 0.1) is 0 Å². The van der Waals surface area contributed by atoms with Crippen LogP contribution in [0.3, 0.4) is 0 Å². The van der Waals surface area contributed by atoms with Crippen LogP contribution >= 0.6 is 0 Å². The van der Waals surface area contributed by atoms with Crippen LogP contribution in [-0.2, 0) is 10.8 Å². The van der Waals surface area contributed by atoms with Gasteiger partial charge >= 0.3 is 0 Å². The molecule has 2 heteroatoms. The molecule has 1 aliphatic carbocycles. The number of anilines is 4. The Morgan fingerprint density at radius 3 is 1.50 bits per heavy atom. The molecule has 0 aromatic heterocycles. The van der Waals surface area contributed by atoms with E-state index >= 15 is 0 Å². The van der Waals surface area contributed by atoms with Gasteiger partial charge in [-0.3, -0.25) is 0 Å². The number of hydrogen-bond donors (Lipinski definition) is 1. The SMILES string of the molecule is CCN(c1ccc(-c2ccc(C(C)(C)c3ccc(-c4ccccc4)cc3)cc2)cc1)c1ccc(C2(c3ccc(Nc4ccccc4-c4cccc(-c5c(C)cc(C)cc5C)c4)cc3)CCCCC2)cc1. The molecule has 10 rings (SSSR count). The summed E-state index contributed by atoms with van der Waals surface area (Å²) in [4.78, 5) is 2.43. The van der Waals surface area contributed by atoms with Crippen molar-refractivity contribution >= 4 is 22.7 Å². The molecule has 0 radical (unpaired) electrons. The first-order valence-electron chi connectivity index (χ1n) is 25.5. The summed E-state index contributed by atoms with van der Waals surface area (Å²) in [6, 6.07) is 79.1. The fourth-order valence-corrected chi connectivity index (χ4v) is 11.5. The smallest absolute Gasteiger partial charge is 0.0463 e.